The van der Waals surface area contributed by atoms with E-state index in [9.17, 15) is 22.8 Å². The lowest BCUT2D eigenvalue weighted by Gasteiger charge is -2.20. The fourth-order valence-electron chi connectivity index (χ4n) is 4.98. The second kappa shape index (κ2) is 10.4. The van der Waals surface area contributed by atoms with Crippen molar-refractivity contribution < 1.29 is 22.8 Å². The quantitative estimate of drug-likeness (QED) is 0.270. The maximum atomic E-state index is 13.8. The van der Waals surface area contributed by atoms with Gasteiger partial charge in [0.05, 0.1) is 28.2 Å². The van der Waals surface area contributed by atoms with Gasteiger partial charge in [0, 0.05) is 16.8 Å². The molecule has 1 aromatic carbocycles. The first-order valence-electron chi connectivity index (χ1n) is 13.0. The molecule has 42 heavy (non-hydrogen) atoms. The standard InChI is InChI=1S/C27H23Cl2F3N8O2/c1-14-9-16(28)10-18(24(41)36-26(6-7-26)15-4-5-15)22(14)35-25(42)20-11-17(13-39-34-12-21(38-39)27(30,31)32)37-40(20)23-19(29)3-2-8-33-23/h2-3,8-12,15H,4-7,13H2,1H3,(H,35,42)(H,36,41). The molecule has 0 aliphatic heterocycles. The Kier molecular flexibility index (Phi) is 6.97. The molecule has 2 fully saturated rings. The van der Waals surface area contributed by atoms with Gasteiger partial charge in [-0.2, -0.15) is 28.2 Å². The fourth-order valence-corrected chi connectivity index (χ4v) is 5.45. The molecule has 0 bridgehead atoms. The summed E-state index contributed by atoms with van der Waals surface area (Å²) in [6.07, 6.45) is 1.36. The molecule has 2 aliphatic rings. The Balaban J connectivity index is 1.33. The van der Waals surface area contributed by atoms with Gasteiger partial charge in [-0.3, -0.25) is 9.59 Å². The van der Waals surface area contributed by atoms with Gasteiger partial charge in [0.25, 0.3) is 11.8 Å². The van der Waals surface area contributed by atoms with Crippen LogP contribution in [0.1, 0.15) is 63.5 Å². The number of carbonyl (C=O) groups is 2. The number of nitrogens with zero attached hydrogens (tertiary/aromatic N) is 6. The number of nitrogens with one attached hydrogen (secondary N) is 2. The first kappa shape index (κ1) is 28.2. The first-order valence-corrected chi connectivity index (χ1v) is 13.8. The van der Waals surface area contributed by atoms with E-state index in [0.717, 1.165) is 30.5 Å². The summed E-state index contributed by atoms with van der Waals surface area (Å²) in [5.41, 5.74) is -0.208. The van der Waals surface area contributed by atoms with Gasteiger partial charge in [0.2, 0.25) is 0 Å². The number of alkyl halides is 3. The average molecular weight is 619 g/mol. The van der Waals surface area contributed by atoms with Crippen molar-refractivity contribution in [2.24, 2.45) is 5.92 Å². The third-order valence-corrected chi connectivity index (χ3v) is 7.87. The average Bonchev–Trinajstić information content (AvgIpc) is 3.83. The second-order valence-corrected chi connectivity index (χ2v) is 11.3. The molecule has 218 valence electrons. The minimum Gasteiger partial charge on any atom is -0.346 e. The van der Waals surface area contributed by atoms with E-state index in [-0.39, 0.29) is 51.5 Å². The number of aryl methyl sites for hydroxylation is 1. The van der Waals surface area contributed by atoms with Crippen LogP contribution in [0.3, 0.4) is 0 Å². The molecular formula is C27H23Cl2F3N8O2. The molecule has 10 nitrogen and oxygen atoms in total. The summed E-state index contributed by atoms with van der Waals surface area (Å²) in [4.78, 5) is 32.2. The molecule has 0 atom stereocenters. The molecule has 2 aliphatic carbocycles. The Labute approximate surface area is 247 Å². The number of amides is 2. The molecule has 2 N–H and O–H groups in total. The van der Waals surface area contributed by atoms with Crippen LogP contribution in [-0.2, 0) is 12.7 Å². The molecule has 0 unspecified atom stereocenters. The third kappa shape index (κ3) is 5.58. The zero-order valence-corrected chi connectivity index (χ0v) is 23.6. The summed E-state index contributed by atoms with van der Waals surface area (Å²) in [5.74, 6) is -0.423. The van der Waals surface area contributed by atoms with Crippen LogP contribution in [0.25, 0.3) is 5.82 Å². The molecule has 4 aromatic rings. The van der Waals surface area contributed by atoms with Crippen molar-refractivity contribution in [1.82, 2.24) is 35.1 Å². The maximum absolute atomic E-state index is 13.8. The minimum absolute atomic E-state index is 0.0360. The lowest BCUT2D eigenvalue weighted by Crippen LogP contribution is -2.39. The van der Waals surface area contributed by atoms with E-state index >= 15 is 0 Å². The fraction of sp³-hybridized carbons (Fsp3) is 0.333. The highest BCUT2D eigenvalue weighted by Gasteiger charge is 2.55. The number of benzene rings is 1. The Morgan fingerprint density at radius 2 is 1.88 bits per heavy atom. The van der Waals surface area contributed by atoms with Crippen LogP contribution in [0, 0.1) is 12.8 Å². The predicted octanol–water partition coefficient (Wildman–Crippen LogP) is 5.47. The molecule has 2 saturated carbocycles. The number of rotatable bonds is 8. The van der Waals surface area contributed by atoms with Crippen LogP contribution >= 0.6 is 23.2 Å². The van der Waals surface area contributed by atoms with Gasteiger partial charge in [0.15, 0.2) is 11.5 Å². The first-order chi connectivity index (χ1) is 19.9. The number of anilines is 1. The summed E-state index contributed by atoms with van der Waals surface area (Å²) < 4.78 is 40.2. The van der Waals surface area contributed by atoms with Crippen LogP contribution < -0.4 is 10.6 Å². The zero-order chi connectivity index (χ0) is 29.8. The minimum atomic E-state index is -4.66. The van der Waals surface area contributed by atoms with Gasteiger partial charge < -0.3 is 10.6 Å². The van der Waals surface area contributed by atoms with E-state index in [1.165, 1.54) is 23.0 Å². The smallest absolute Gasteiger partial charge is 0.346 e. The van der Waals surface area contributed by atoms with Gasteiger partial charge in [-0.1, -0.05) is 23.2 Å². The predicted molar refractivity (Wildman–Crippen MR) is 147 cm³/mol. The summed E-state index contributed by atoms with van der Waals surface area (Å²) >= 11 is 12.6. The van der Waals surface area contributed by atoms with E-state index in [1.807, 2.05) is 0 Å². The van der Waals surface area contributed by atoms with Crippen molar-refractivity contribution in [3.8, 4) is 5.82 Å². The lowest BCUT2D eigenvalue weighted by atomic mass is 10.0. The summed E-state index contributed by atoms with van der Waals surface area (Å²) in [5, 5.41) is 18.0. The number of halogens is 5. The Morgan fingerprint density at radius 1 is 1.12 bits per heavy atom. The Bertz CT molecular complexity index is 1710. The van der Waals surface area contributed by atoms with Crippen LogP contribution in [-0.4, -0.2) is 47.1 Å². The van der Waals surface area contributed by atoms with Crippen molar-refractivity contribution in [2.45, 2.75) is 50.9 Å². The Hall–Kier alpha value is -3.97. The topological polar surface area (TPSA) is 120 Å². The van der Waals surface area contributed by atoms with Crippen LogP contribution in [0.5, 0.6) is 0 Å². The third-order valence-electron chi connectivity index (χ3n) is 7.36. The number of aromatic nitrogens is 6. The molecule has 3 heterocycles. The number of hydrogen-bond acceptors (Lipinski definition) is 6. The van der Waals surface area contributed by atoms with Crippen molar-refractivity contribution in [1.29, 1.82) is 0 Å². The largest absolute Gasteiger partial charge is 0.436 e. The van der Waals surface area contributed by atoms with Crippen molar-refractivity contribution in [2.75, 3.05) is 5.32 Å². The second-order valence-electron chi connectivity index (χ2n) is 10.5. The zero-order valence-electron chi connectivity index (χ0n) is 22.0. The van der Waals surface area contributed by atoms with E-state index < -0.39 is 17.8 Å². The van der Waals surface area contributed by atoms with Crippen molar-refractivity contribution >= 4 is 40.7 Å². The molecule has 0 spiro atoms. The number of carbonyl (C=O) groups excluding carboxylic acids is 2. The molecular weight excluding hydrogens is 596 g/mol. The van der Waals surface area contributed by atoms with Gasteiger partial charge >= 0.3 is 6.18 Å². The summed E-state index contributed by atoms with van der Waals surface area (Å²) in [7, 11) is 0. The summed E-state index contributed by atoms with van der Waals surface area (Å²) in [6.45, 7) is 1.44. The molecule has 2 amide bonds. The van der Waals surface area contributed by atoms with Crippen LogP contribution in [0.15, 0.2) is 42.7 Å². The number of hydrogen-bond donors (Lipinski definition) is 2. The maximum Gasteiger partial charge on any atom is 0.436 e. The van der Waals surface area contributed by atoms with Crippen molar-refractivity contribution in [3.05, 3.63) is 81.0 Å². The monoisotopic (exact) mass is 618 g/mol. The Morgan fingerprint density at radius 3 is 2.52 bits per heavy atom. The van der Waals surface area contributed by atoms with E-state index in [2.05, 4.69) is 30.9 Å². The van der Waals surface area contributed by atoms with E-state index in [4.69, 9.17) is 23.2 Å². The highest BCUT2D eigenvalue weighted by molar-refractivity contribution is 6.32. The van der Waals surface area contributed by atoms with Gasteiger partial charge in [0.1, 0.15) is 12.2 Å². The molecule has 0 radical (unpaired) electrons. The SMILES string of the molecule is Cc1cc(Cl)cc(C(=O)NC2(C3CC3)CC2)c1NC(=O)c1cc(Cn2ncc(C(F)(F)F)n2)nn1-c1ncccc1Cl. The van der Waals surface area contributed by atoms with E-state index in [1.54, 1.807) is 25.1 Å². The molecule has 0 saturated heterocycles. The normalized spacial score (nSPS) is 15.9. The van der Waals surface area contributed by atoms with Gasteiger partial charge in [-0.15, -0.1) is 5.10 Å². The van der Waals surface area contributed by atoms with Crippen LogP contribution in [0.2, 0.25) is 10.0 Å². The highest BCUT2D eigenvalue weighted by Crippen LogP contribution is 2.53. The van der Waals surface area contributed by atoms with Crippen LogP contribution in [0.4, 0.5) is 18.9 Å². The van der Waals surface area contributed by atoms with E-state index in [0.29, 0.717) is 22.7 Å². The van der Waals surface area contributed by atoms with Gasteiger partial charge in [-0.05, 0) is 74.4 Å². The summed E-state index contributed by atoms with van der Waals surface area (Å²) in [6, 6.07) is 7.65. The molecule has 15 heteroatoms. The molecule has 6 rings (SSSR count). The number of pyridine rings is 1. The molecule has 3 aromatic heterocycles. The van der Waals surface area contributed by atoms with Gasteiger partial charge in [-0.25, -0.2) is 9.67 Å². The lowest BCUT2D eigenvalue weighted by molar-refractivity contribution is -0.141. The highest BCUT2D eigenvalue weighted by atomic mass is 35.5. The van der Waals surface area contributed by atoms with Crippen molar-refractivity contribution in [3.63, 3.8) is 0 Å².